The van der Waals surface area contributed by atoms with Crippen LogP contribution in [0.5, 0.6) is 0 Å². The molecule has 1 atom stereocenters. The number of aryl methyl sites for hydroxylation is 2. The minimum atomic E-state index is -1.11. The first-order chi connectivity index (χ1) is 14.4. The van der Waals surface area contributed by atoms with Gasteiger partial charge in [-0.15, -0.1) is 0 Å². The minimum absolute atomic E-state index is 0.0229. The molecule has 0 aliphatic heterocycles. The molecule has 1 amide bonds. The first kappa shape index (κ1) is 21.8. The molecule has 1 heterocycles. The highest BCUT2D eigenvalue weighted by atomic mass is 16.5. The SMILES string of the molecule is COCCn1c(C)cc(/C=C(/C#N)C(=O)NCC2(O)CCCc3ccccc32)c1C. The van der Waals surface area contributed by atoms with Crippen molar-refractivity contribution < 1.29 is 14.6 Å². The third kappa shape index (κ3) is 4.48. The minimum Gasteiger partial charge on any atom is -0.383 e. The molecule has 0 spiro atoms. The van der Waals surface area contributed by atoms with Crippen LogP contribution >= 0.6 is 0 Å². The van der Waals surface area contributed by atoms with Crippen LogP contribution in [-0.2, 0) is 28.1 Å². The van der Waals surface area contributed by atoms with Gasteiger partial charge in [-0.1, -0.05) is 24.3 Å². The highest BCUT2D eigenvalue weighted by Gasteiger charge is 2.34. The lowest BCUT2D eigenvalue weighted by Gasteiger charge is -2.34. The van der Waals surface area contributed by atoms with Crippen molar-refractivity contribution in [3.63, 3.8) is 0 Å². The van der Waals surface area contributed by atoms with Crippen LogP contribution in [-0.4, -0.2) is 35.8 Å². The van der Waals surface area contributed by atoms with Gasteiger partial charge in [-0.2, -0.15) is 5.26 Å². The molecular formula is C24H29N3O3. The maximum atomic E-state index is 12.7. The number of ether oxygens (including phenoxy) is 1. The van der Waals surface area contributed by atoms with E-state index in [1.165, 1.54) is 0 Å². The van der Waals surface area contributed by atoms with Gasteiger partial charge in [0.1, 0.15) is 17.2 Å². The zero-order chi connectivity index (χ0) is 21.7. The van der Waals surface area contributed by atoms with Gasteiger partial charge in [-0.3, -0.25) is 4.79 Å². The standard InChI is InChI=1S/C24H29N3O3/c1-17-13-20(18(2)27(17)11-12-30-3)14-21(15-25)23(28)26-16-24(29)10-6-8-19-7-4-5-9-22(19)24/h4-5,7,9,13-14,29H,6,8,10-12,16H2,1-3H3,(H,26,28)/b21-14-. The molecule has 1 unspecified atom stereocenters. The molecule has 0 saturated carbocycles. The van der Waals surface area contributed by atoms with E-state index in [0.717, 1.165) is 40.9 Å². The highest BCUT2D eigenvalue weighted by Crippen LogP contribution is 2.34. The zero-order valence-electron chi connectivity index (χ0n) is 17.9. The first-order valence-electron chi connectivity index (χ1n) is 10.3. The molecule has 6 nitrogen and oxygen atoms in total. The van der Waals surface area contributed by atoms with Crippen LogP contribution in [0, 0.1) is 25.2 Å². The third-order valence-electron chi connectivity index (χ3n) is 5.89. The Kier molecular flexibility index (Phi) is 6.76. The Morgan fingerprint density at radius 1 is 1.40 bits per heavy atom. The fraction of sp³-hybridized carbons (Fsp3) is 0.417. The molecule has 3 rings (SSSR count). The molecule has 0 fully saturated rings. The van der Waals surface area contributed by atoms with Gasteiger partial charge in [0.2, 0.25) is 0 Å². The Bertz CT molecular complexity index is 1000. The van der Waals surface area contributed by atoms with Crippen LogP contribution in [0.2, 0.25) is 0 Å². The van der Waals surface area contributed by atoms with Gasteiger partial charge in [0, 0.05) is 25.0 Å². The topological polar surface area (TPSA) is 87.3 Å². The fourth-order valence-electron chi connectivity index (χ4n) is 4.21. The van der Waals surface area contributed by atoms with E-state index in [4.69, 9.17) is 4.74 Å². The lowest BCUT2D eigenvalue weighted by atomic mass is 9.79. The summed E-state index contributed by atoms with van der Waals surface area (Å²) in [5.74, 6) is -0.476. The van der Waals surface area contributed by atoms with E-state index < -0.39 is 11.5 Å². The average Bonchev–Trinajstić information content (AvgIpc) is 3.01. The van der Waals surface area contributed by atoms with Gasteiger partial charge in [-0.25, -0.2) is 0 Å². The van der Waals surface area contributed by atoms with E-state index in [2.05, 4.69) is 9.88 Å². The zero-order valence-corrected chi connectivity index (χ0v) is 17.9. The maximum Gasteiger partial charge on any atom is 0.262 e. The summed E-state index contributed by atoms with van der Waals surface area (Å²) in [5, 5.41) is 23.5. The van der Waals surface area contributed by atoms with Crippen LogP contribution in [0.1, 0.15) is 40.9 Å². The molecule has 2 aromatic rings. The number of aliphatic hydroxyl groups is 1. The largest absolute Gasteiger partial charge is 0.383 e. The van der Waals surface area contributed by atoms with Crippen molar-refractivity contribution in [3.8, 4) is 6.07 Å². The second kappa shape index (κ2) is 9.29. The molecule has 0 bridgehead atoms. The second-order valence-electron chi connectivity index (χ2n) is 7.87. The van der Waals surface area contributed by atoms with E-state index in [1.807, 2.05) is 50.2 Å². The van der Waals surface area contributed by atoms with Crippen LogP contribution in [0.25, 0.3) is 6.08 Å². The van der Waals surface area contributed by atoms with Gasteiger partial charge < -0.3 is 19.7 Å². The fourth-order valence-corrected chi connectivity index (χ4v) is 4.21. The van der Waals surface area contributed by atoms with Gasteiger partial charge >= 0.3 is 0 Å². The van der Waals surface area contributed by atoms with Crippen molar-refractivity contribution in [1.29, 1.82) is 5.26 Å². The number of aromatic nitrogens is 1. The number of rotatable bonds is 7. The van der Waals surface area contributed by atoms with E-state index in [1.54, 1.807) is 13.2 Å². The molecule has 1 aliphatic carbocycles. The summed E-state index contributed by atoms with van der Waals surface area (Å²) < 4.78 is 7.25. The number of fused-ring (bicyclic) bond motifs is 1. The highest BCUT2D eigenvalue weighted by molar-refractivity contribution is 6.01. The Morgan fingerprint density at radius 2 is 2.17 bits per heavy atom. The van der Waals surface area contributed by atoms with Gasteiger partial charge in [-0.05, 0) is 61.9 Å². The molecule has 1 aromatic heterocycles. The van der Waals surface area contributed by atoms with E-state index in [0.29, 0.717) is 19.6 Å². The summed E-state index contributed by atoms with van der Waals surface area (Å²) >= 11 is 0. The Morgan fingerprint density at radius 3 is 2.90 bits per heavy atom. The number of nitriles is 1. The number of hydrogen-bond acceptors (Lipinski definition) is 4. The molecule has 1 aromatic carbocycles. The number of carbonyl (C=O) groups is 1. The Labute approximate surface area is 177 Å². The van der Waals surface area contributed by atoms with Gasteiger partial charge in [0.25, 0.3) is 5.91 Å². The number of hydrogen-bond donors (Lipinski definition) is 2. The molecule has 30 heavy (non-hydrogen) atoms. The van der Waals surface area contributed by atoms with Crippen molar-refractivity contribution >= 4 is 12.0 Å². The molecule has 6 heteroatoms. The van der Waals surface area contributed by atoms with Crippen LogP contribution in [0.15, 0.2) is 35.9 Å². The van der Waals surface area contributed by atoms with E-state index in [9.17, 15) is 15.2 Å². The normalized spacial score (nSPS) is 18.6. The lowest BCUT2D eigenvalue weighted by Crippen LogP contribution is -2.43. The van der Waals surface area contributed by atoms with Crippen molar-refractivity contribution in [3.05, 3.63) is 64.0 Å². The van der Waals surface area contributed by atoms with E-state index in [-0.39, 0.29) is 12.1 Å². The summed E-state index contributed by atoms with van der Waals surface area (Å²) in [6.45, 7) is 5.33. The number of nitrogens with one attached hydrogen (secondary N) is 1. The third-order valence-corrected chi connectivity index (χ3v) is 5.89. The van der Waals surface area contributed by atoms with E-state index >= 15 is 0 Å². The molecular weight excluding hydrogens is 378 g/mol. The molecule has 158 valence electrons. The summed E-state index contributed by atoms with van der Waals surface area (Å²) in [6, 6.07) is 11.8. The predicted molar refractivity (Wildman–Crippen MR) is 116 cm³/mol. The maximum absolute atomic E-state index is 12.7. The van der Waals surface area contributed by atoms with Crippen molar-refractivity contribution in [2.75, 3.05) is 20.3 Å². The van der Waals surface area contributed by atoms with Crippen molar-refractivity contribution in [2.45, 2.75) is 45.3 Å². The van der Waals surface area contributed by atoms with Crippen molar-refractivity contribution in [2.24, 2.45) is 0 Å². The molecule has 0 saturated heterocycles. The summed E-state index contributed by atoms with van der Waals surface area (Å²) in [5.41, 5.74) is 3.74. The Balaban J connectivity index is 1.76. The summed E-state index contributed by atoms with van der Waals surface area (Å²) in [7, 11) is 1.66. The van der Waals surface area contributed by atoms with Crippen LogP contribution in [0.3, 0.4) is 0 Å². The average molecular weight is 408 g/mol. The van der Waals surface area contributed by atoms with Crippen molar-refractivity contribution in [1.82, 2.24) is 9.88 Å². The van der Waals surface area contributed by atoms with Crippen LogP contribution in [0.4, 0.5) is 0 Å². The first-order valence-corrected chi connectivity index (χ1v) is 10.3. The lowest BCUT2D eigenvalue weighted by molar-refractivity contribution is -0.118. The summed E-state index contributed by atoms with van der Waals surface area (Å²) in [4.78, 5) is 12.7. The number of amides is 1. The number of benzene rings is 1. The monoisotopic (exact) mass is 407 g/mol. The van der Waals surface area contributed by atoms with Gasteiger partial charge in [0.05, 0.1) is 13.2 Å². The number of carbonyl (C=O) groups excluding carboxylic acids is 1. The Hall–Kier alpha value is -2.88. The number of methoxy groups -OCH3 is 1. The second-order valence-corrected chi connectivity index (χ2v) is 7.87. The predicted octanol–water partition coefficient (Wildman–Crippen LogP) is 3.00. The quantitative estimate of drug-likeness (QED) is 0.546. The van der Waals surface area contributed by atoms with Crippen LogP contribution < -0.4 is 5.32 Å². The molecule has 2 N–H and O–H groups in total. The van der Waals surface area contributed by atoms with Gasteiger partial charge in [0.15, 0.2) is 0 Å². The smallest absolute Gasteiger partial charge is 0.262 e. The molecule has 1 aliphatic rings. The summed E-state index contributed by atoms with van der Waals surface area (Å²) in [6.07, 6.45) is 3.97. The molecule has 0 radical (unpaired) electrons. The number of nitrogens with zero attached hydrogens (tertiary/aromatic N) is 2.